The number of carbonyl (C=O) groups is 1. The highest BCUT2D eigenvalue weighted by Gasteiger charge is 2.21. The smallest absolute Gasteiger partial charge is 0.395 e. The molecular weight excluding hydrogens is 252 g/mol. The van der Waals surface area contributed by atoms with Crippen LogP contribution in [0.1, 0.15) is 29.8 Å². The summed E-state index contributed by atoms with van der Waals surface area (Å²) in [5.74, 6) is -0.197. The molecule has 0 aromatic carbocycles. The Bertz CT molecular complexity index is 453. The zero-order valence-corrected chi connectivity index (χ0v) is 10.5. The monoisotopic (exact) mass is 268 g/mol. The predicted molar refractivity (Wildman–Crippen MR) is 65.9 cm³/mol. The molecule has 0 saturated heterocycles. The fourth-order valence-corrected chi connectivity index (χ4v) is 1.55. The lowest BCUT2D eigenvalue weighted by Gasteiger charge is -2.04. The molecule has 0 radical (unpaired) electrons. The van der Waals surface area contributed by atoms with Crippen LogP contribution in [-0.2, 0) is 4.74 Å². The van der Waals surface area contributed by atoms with Gasteiger partial charge in [-0.05, 0) is 31.2 Å². The van der Waals surface area contributed by atoms with E-state index in [0.29, 0.717) is 19.6 Å². The van der Waals surface area contributed by atoms with Crippen molar-refractivity contribution in [1.82, 2.24) is 5.32 Å². The largest absolute Gasteiger partial charge is 0.433 e. The van der Waals surface area contributed by atoms with Crippen molar-refractivity contribution in [2.75, 3.05) is 19.8 Å². The summed E-state index contributed by atoms with van der Waals surface area (Å²) in [6.45, 7) is 1.87. The average molecular weight is 268 g/mol. The molecule has 0 atom stereocenters. The van der Waals surface area contributed by atoms with E-state index in [2.05, 4.69) is 5.32 Å². The standard InChI is InChI=1S/C12H16N2O5/c15-12(10-4-5-11(19-10)14(16)17)13-6-1-7-18-8-9-2-3-9/h4-5,9H,1-3,6-8H2,(H,13,15). The molecule has 7 heteroatoms. The van der Waals surface area contributed by atoms with Crippen LogP contribution < -0.4 is 5.32 Å². The molecular formula is C12H16N2O5. The second-order valence-corrected chi connectivity index (χ2v) is 4.52. The van der Waals surface area contributed by atoms with Crippen LogP contribution in [0.3, 0.4) is 0 Å². The van der Waals surface area contributed by atoms with E-state index in [4.69, 9.17) is 9.15 Å². The summed E-state index contributed by atoms with van der Waals surface area (Å²) in [6, 6.07) is 2.45. The topological polar surface area (TPSA) is 94.6 Å². The lowest BCUT2D eigenvalue weighted by atomic mass is 10.4. The maximum atomic E-state index is 11.6. The van der Waals surface area contributed by atoms with Gasteiger partial charge in [0.15, 0.2) is 5.76 Å². The van der Waals surface area contributed by atoms with Crippen LogP contribution >= 0.6 is 0 Å². The molecule has 0 aliphatic heterocycles. The Morgan fingerprint density at radius 1 is 1.53 bits per heavy atom. The van der Waals surface area contributed by atoms with Gasteiger partial charge in [0.2, 0.25) is 0 Å². The molecule has 1 aromatic rings. The van der Waals surface area contributed by atoms with Crippen molar-refractivity contribution in [3.63, 3.8) is 0 Å². The lowest BCUT2D eigenvalue weighted by molar-refractivity contribution is -0.402. The van der Waals surface area contributed by atoms with Crippen molar-refractivity contribution in [2.24, 2.45) is 5.92 Å². The Hall–Kier alpha value is -1.89. The van der Waals surface area contributed by atoms with Gasteiger partial charge in [-0.1, -0.05) is 0 Å². The Kier molecular flexibility index (Phi) is 4.51. The third-order valence-corrected chi connectivity index (χ3v) is 2.80. The normalized spacial score (nSPS) is 14.3. The van der Waals surface area contributed by atoms with Crippen molar-refractivity contribution < 1.29 is 18.9 Å². The van der Waals surface area contributed by atoms with E-state index < -0.39 is 16.7 Å². The van der Waals surface area contributed by atoms with Gasteiger partial charge in [0.25, 0.3) is 5.91 Å². The molecule has 7 nitrogen and oxygen atoms in total. The van der Waals surface area contributed by atoms with Gasteiger partial charge in [-0.15, -0.1) is 0 Å². The van der Waals surface area contributed by atoms with Gasteiger partial charge in [-0.3, -0.25) is 14.9 Å². The van der Waals surface area contributed by atoms with Gasteiger partial charge in [-0.25, -0.2) is 0 Å². The highest BCUT2D eigenvalue weighted by Crippen LogP contribution is 2.28. The fourth-order valence-electron chi connectivity index (χ4n) is 1.55. The van der Waals surface area contributed by atoms with E-state index >= 15 is 0 Å². The number of amides is 1. The summed E-state index contributed by atoms with van der Waals surface area (Å²) in [4.78, 5) is 21.3. The van der Waals surface area contributed by atoms with Crippen LogP contribution in [-0.4, -0.2) is 30.6 Å². The van der Waals surface area contributed by atoms with E-state index in [1.165, 1.54) is 18.9 Å². The zero-order valence-electron chi connectivity index (χ0n) is 10.5. The molecule has 104 valence electrons. The second-order valence-electron chi connectivity index (χ2n) is 4.52. The molecule has 1 saturated carbocycles. The number of nitro groups is 1. The van der Waals surface area contributed by atoms with E-state index in [1.807, 2.05) is 0 Å². The van der Waals surface area contributed by atoms with Gasteiger partial charge < -0.3 is 14.5 Å². The average Bonchev–Trinajstić information content (AvgIpc) is 3.06. The van der Waals surface area contributed by atoms with Crippen LogP contribution in [0, 0.1) is 16.0 Å². The van der Waals surface area contributed by atoms with Gasteiger partial charge >= 0.3 is 5.88 Å². The Labute approximate surface area is 110 Å². The highest BCUT2D eigenvalue weighted by molar-refractivity contribution is 5.91. The third kappa shape index (κ3) is 4.36. The van der Waals surface area contributed by atoms with E-state index in [-0.39, 0.29) is 5.76 Å². The fraction of sp³-hybridized carbons (Fsp3) is 0.583. The first-order chi connectivity index (χ1) is 9.16. The molecule has 1 heterocycles. The maximum Gasteiger partial charge on any atom is 0.433 e. The van der Waals surface area contributed by atoms with E-state index in [9.17, 15) is 14.9 Å². The first-order valence-corrected chi connectivity index (χ1v) is 6.27. The predicted octanol–water partition coefficient (Wildman–Crippen LogP) is 1.73. The number of rotatable bonds is 8. The van der Waals surface area contributed by atoms with Gasteiger partial charge in [0.1, 0.15) is 4.92 Å². The van der Waals surface area contributed by atoms with Crippen molar-refractivity contribution in [3.8, 4) is 0 Å². The van der Waals surface area contributed by atoms with E-state index in [0.717, 1.165) is 18.6 Å². The van der Waals surface area contributed by atoms with Gasteiger partial charge in [0, 0.05) is 19.8 Å². The number of furan rings is 1. The molecule has 1 aromatic heterocycles. The van der Waals surface area contributed by atoms with Crippen LogP contribution in [0.25, 0.3) is 0 Å². The molecule has 0 bridgehead atoms. The third-order valence-electron chi connectivity index (χ3n) is 2.80. The minimum Gasteiger partial charge on any atom is -0.395 e. The summed E-state index contributed by atoms with van der Waals surface area (Å²) in [5.41, 5.74) is 0. The number of carbonyl (C=O) groups excluding carboxylic acids is 1. The van der Waals surface area contributed by atoms with E-state index in [1.54, 1.807) is 0 Å². The molecule has 0 spiro atoms. The van der Waals surface area contributed by atoms with Crippen LogP contribution in [0.15, 0.2) is 16.5 Å². The Morgan fingerprint density at radius 3 is 2.95 bits per heavy atom. The molecule has 1 fully saturated rings. The summed E-state index contributed by atoms with van der Waals surface area (Å²) in [7, 11) is 0. The van der Waals surface area contributed by atoms with Gasteiger partial charge in [-0.2, -0.15) is 0 Å². The number of hydrogen-bond acceptors (Lipinski definition) is 5. The van der Waals surface area contributed by atoms with Crippen LogP contribution in [0.2, 0.25) is 0 Å². The highest BCUT2D eigenvalue weighted by atomic mass is 16.6. The number of ether oxygens (including phenoxy) is 1. The van der Waals surface area contributed by atoms with Crippen molar-refractivity contribution in [3.05, 3.63) is 28.0 Å². The number of nitrogens with one attached hydrogen (secondary N) is 1. The molecule has 0 unspecified atom stereocenters. The van der Waals surface area contributed by atoms with Gasteiger partial charge in [0.05, 0.1) is 6.07 Å². The summed E-state index contributed by atoms with van der Waals surface area (Å²) < 4.78 is 10.2. The molecule has 1 amide bonds. The van der Waals surface area contributed by atoms with Crippen molar-refractivity contribution in [1.29, 1.82) is 0 Å². The first kappa shape index (κ1) is 13.5. The first-order valence-electron chi connectivity index (χ1n) is 6.27. The Balaban J connectivity index is 1.61. The second kappa shape index (κ2) is 6.33. The van der Waals surface area contributed by atoms with Crippen LogP contribution in [0.5, 0.6) is 0 Å². The quantitative estimate of drug-likeness (QED) is 0.440. The molecule has 2 rings (SSSR count). The summed E-state index contributed by atoms with van der Waals surface area (Å²) >= 11 is 0. The SMILES string of the molecule is O=C(NCCCOCC1CC1)c1ccc([N+](=O)[O-])o1. The van der Waals surface area contributed by atoms with Crippen molar-refractivity contribution >= 4 is 11.8 Å². The molecule has 19 heavy (non-hydrogen) atoms. The minimum atomic E-state index is -0.678. The molecule has 1 aliphatic carbocycles. The summed E-state index contributed by atoms with van der Waals surface area (Å²) in [6.07, 6.45) is 3.23. The van der Waals surface area contributed by atoms with Crippen LogP contribution in [0.4, 0.5) is 5.88 Å². The maximum absolute atomic E-state index is 11.6. The number of hydrogen-bond donors (Lipinski definition) is 1. The molecule has 1 aliphatic rings. The lowest BCUT2D eigenvalue weighted by Crippen LogP contribution is -2.24. The minimum absolute atomic E-state index is 0.0504. The Morgan fingerprint density at radius 2 is 2.32 bits per heavy atom. The van der Waals surface area contributed by atoms with Crippen molar-refractivity contribution in [2.45, 2.75) is 19.3 Å². The molecule has 1 N–H and O–H groups in total. The zero-order chi connectivity index (χ0) is 13.7. The number of nitrogens with zero attached hydrogens (tertiary/aromatic N) is 1. The summed E-state index contributed by atoms with van der Waals surface area (Å²) in [5, 5.41) is 13.0.